The largest absolute Gasteiger partial charge is 0.366 e. The monoisotopic (exact) mass is 192 g/mol. The number of nitrogens with two attached hydrogens (primary N) is 1. The zero-order chi connectivity index (χ0) is 9.26. The van der Waals surface area contributed by atoms with E-state index in [0.29, 0.717) is 0 Å². The number of rotatable bonds is 1. The molecule has 2 aromatic rings. The molecule has 5 heteroatoms. The van der Waals surface area contributed by atoms with E-state index < -0.39 is 0 Å². The van der Waals surface area contributed by atoms with Crippen LogP contribution in [0.5, 0.6) is 0 Å². The fourth-order valence-corrected chi connectivity index (χ4v) is 1.94. The van der Waals surface area contributed by atoms with E-state index in [9.17, 15) is 0 Å². The molecule has 0 saturated carbocycles. The fraction of sp³-hybridized carbons (Fsp3) is 0.125. The van der Waals surface area contributed by atoms with Crippen molar-refractivity contribution < 1.29 is 0 Å². The van der Waals surface area contributed by atoms with Gasteiger partial charge in [0.1, 0.15) is 5.69 Å². The van der Waals surface area contributed by atoms with E-state index in [1.54, 1.807) is 17.5 Å². The second kappa shape index (κ2) is 3.10. The molecule has 0 unspecified atom stereocenters. The van der Waals surface area contributed by atoms with Gasteiger partial charge in [0.25, 0.3) is 0 Å². The molecule has 2 rings (SSSR count). The first-order chi connectivity index (χ1) is 6.27. The summed E-state index contributed by atoms with van der Waals surface area (Å²) in [4.78, 5) is 5.19. The van der Waals surface area contributed by atoms with Crippen LogP contribution in [0, 0.1) is 6.92 Å². The molecular weight excluding hydrogens is 184 g/mol. The summed E-state index contributed by atoms with van der Waals surface area (Å²) in [6, 6.07) is 2.04. The second-order valence-electron chi connectivity index (χ2n) is 2.63. The minimum atomic E-state index is 0.213. The van der Waals surface area contributed by atoms with Gasteiger partial charge in [0, 0.05) is 0 Å². The lowest BCUT2D eigenvalue weighted by atomic mass is 10.2. The summed E-state index contributed by atoms with van der Waals surface area (Å²) in [6.45, 7) is 2.03. The van der Waals surface area contributed by atoms with Crippen LogP contribution in [0.2, 0.25) is 0 Å². The maximum Gasteiger partial charge on any atom is 0.240 e. The van der Waals surface area contributed by atoms with Crippen LogP contribution >= 0.6 is 11.3 Å². The van der Waals surface area contributed by atoms with E-state index in [1.807, 2.05) is 18.4 Å². The molecule has 13 heavy (non-hydrogen) atoms. The Morgan fingerprint density at radius 2 is 2.31 bits per heavy atom. The van der Waals surface area contributed by atoms with Gasteiger partial charge in [0.15, 0.2) is 0 Å². The molecule has 0 aromatic carbocycles. The van der Waals surface area contributed by atoms with Crippen LogP contribution < -0.4 is 5.73 Å². The average molecular weight is 192 g/mol. The Kier molecular flexibility index (Phi) is 1.94. The minimum absolute atomic E-state index is 0.213. The molecule has 66 valence electrons. The first-order valence-corrected chi connectivity index (χ1v) is 4.65. The maximum atomic E-state index is 5.43. The zero-order valence-corrected chi connectivity index (χ0v) is 7.88. The van der Waals surface area contributed by atoms with E-state index >= 15 is 0 Å². The molecule has 0 fully saturated rings. The highest BCUT2D eigenvalue weighted by Crippen LogP contribution is 2.26. The van der Waals surface area contributed by atoms with Gasteiger partial charge in [0.2, 0.25) is 5.95 Å². The Bertz CT molecular complexity index is 424. The quantitative estimate of drug-likeness (QED) is 0.743. The van der Waals surface area contributed by atoms with Crippen LogP contribution in [0.1, 0.15) is 5.56 Å². The van der Waals surface area contributed by atoms with E-state index in [2.05, 4.69) is 15.2 Å². The van der Waals surface area contributed by atoms with Gasteiger partial charge in [-0.05, 0) is 23.9 Å². The molecule has 0 saturated heterocycles. The van der Waals surface area contributed by atoms with Crippen molar-refractivity contribution >= 4 is 17.3 Å². The van der Waals surface area contributed by atoms with Crippen LogP contribution in [-0.2, 0) is 0 Å². The van der Waals surface area contributed by atoms with E-state index in [4.69, 9.17) is 5.73 Å². The summed E-state index contributed by atoms with van der Waals surface area (Å²) in [5, 5.41) is 9.37. The topological polar surface area (TPSA) is 64.7 Å². The normalized spacial score (nSPS) is 10.2. The Balaban J connectivity index is 2.53. The molecule has 0 amide bonds. The molecule has 2 N–H and O–H groups in total. The maximum absolute atomic E-state index is 5.43. The van der Waals surface area contributed by atoms with Crippen molar-refractivity contribution in [1.29, 1.82) is 0 Å². The van der Waals surface area contributed by atoms with Gasteiger partial charge in [-0.25, -0.2) is 4.98 Å². The highest BCUT2D eigenvalue weighted by molar-refractivity contribution is 7.13. The molecule has 4 nitrogen and oxygen atoms in total. The third-order valence-electron chi connectivity index (χ3n) is 1.67. The number of nitrogens with zero attached hydrogens (tertiary/aromatic N) is 3. The van der Waals surface area contributed by atoms with Gasteiger partial charge in [-0.2, -0.15) is 5.10 Å². The first kappa shape index (κ1) is 8.12. The van der Waals surface area contributed by atoms with Crippen LogP contribution in [0.3, 0.4) is 0 Å². The Morgan fingerprint density at radius 3 is 2.92 bits per heavy atom. The molecule has 2 heterocycles. The summed E-state index contributed by atoms with van der Waals surface area (Å²) in [7, 11) is 0. The first-order valence-electron chi connectivity index (χ1n) is 3.77. The predicted octanol–water partition coefficient (Wildman–Crippen LogP) is 1.49. The van der Waals surface area contributed by atoms with Crippen LogP contribution in [-0.4, -0.2) is 15.2 Å². The lowest BCUT2D eigenvalue weighted by molar-refractivity contribution is 0.991. The van der Waals surface area contributed by atoms with E-state index in [1.165, 1.54) is 5.56 Å². The fourth-order valence-electron chi connectivity index (χ4n) is 1.06. The van der Waals surface area contributed by atoms with Gasteiger partial charge < -0.3 is 5.73 Å². The van der Waals surface area contributed by atoms with E-state index in [-0.39, 0.29) is 5.95 Å². The standard InChI is InChI=1S/C8H8N4S/c1-5-2-3-13-7(5)6-4-10-12-8(9)11-6/h2-4H,1H3,(H2,9,11,12). The number of aryl methyl sites for hydroxylation is 1. The van der Waals surface area contributed by atoms with Gasteiger partial charge in [0.05, 0.1) is 11.1 Å². The Morgan fingerprint density at radius 1 is 1.46 bits per heavy atom. The van der Waals surface area contributed by atoms with Crippen molar-refractivity contribution in [2.75, 3.05) is 5.73 Å². The van der Waals surface area contributed by atoms with Crippen LogP contribution in [0.4, 0.5) is 5.95 Å². The molecule has 0 aliphatic heterocycles. The van der Waals surface area contributed by atoms with Crippen LogP contribution in [0.25, 0.3) is 10.6 Å². The van der Waals surface area contributed by atoms with Crippen molar-refractivity contribution in [3.8, 4) is 10.6 Å². The molecule has 0 spiro atoms. The predicted molar refractivity (Wildman–Crippen MR) is 52.3 cm³/mol. The van der Waals surface area contributed by atoms with E-state index in [0.717, 1.165) is 10.6 Å². The lowest BCUT2D eigenvalue weighted by Gasteiger charge is -1.97. The number of aromatic nitrogens is 3. The number of hydrogen-bond acceptors (Lipinski definition) is 5. The minimum Gasteiger partial charge on any atom is -0.366 e. The molecule has 0 bridgehead atoms. The summed E-state index contributed by atoms with van der Waals surface area (Å²) < 4.78 is 0. The van der Waals surface area contributed by atoms with Crippen molar-refractivity contribution in [2.24, 2.45) is 0 Å². The molecule has 2 aromatic heterocycles. The average Bonchev–Trinajstić information content (AvgIpc) is 2.51. The Labute approximate surface area is 79.5 Å². The van der Waals surface area contributed by atoms with Gasteiger partial charge in [-0.1, -0.05) is 0 Å². The summed E-state index contributed by atoms with van der Waals surface area (Å²) >= 11 is 1.63. The number of hydrogen-bond donors (Lipinski definition) is 1. The SMILES string of the molecule is Cc1ccsc1-c1cnnc(N)n1. The third-order valence-corrected chi connectivity index (χ3v) is 2.71. The van der Waals surface area contributed by atoms with Crippen molar-refractivity contribution in [3.05, 3.63) is 23.2 Å². The van der Waals surface area contributed by atoms with Crippen LogP contribution in [0.15, 0.2) is 17.6 Å². The lowest BCUT2D eigenvalue weighted by Crippen LogP contribution is -1.97. The zero-order valence-electron chi connectivity index (χ0n) is 7.06. The van der Waals surface area contributed by atoms with Gasteiger partial charge in [-0.15, -0.1) is 16.4 Å². The van der Waals surface area contributed by atoms with Crippen molar-refractivity contribution in [3.63, 3.8) is 0 Å². The van der Waals surface area contributed by atoms with Crippen molar-refractivity contribution in [1.82, 2.24) is 15.2 Å². The highest BCUT2D eigenvalue weighted by Gasteiger charge is 2.05. The smallest absolute Gasteiger partial charge is 0.240 e. The molecule has 0 aliphatic carbocycles. The molecular formula is C8H8N4S. The summed E-state index contributed by atoms with van der Waals surface area (Å²) in [6.07, 6.45) is 1.62. The highest BCUT2D eigenvalue weighted by atomic mass is 32.1. The molecule has 0 radical (unpaired) electrons. The number of anilines is 1. The second-order valence-corrected chi connectivity index (χ2v) is 3.55. The number of thiophene rings is 1. The third kappa shape index (κ3) is 1.50. The molecule has 0 aliphatic rings. The summed E-state index contributed by atoms with van der Waals surface area (Å²) in [5.74, 6) is 0.213. The van der Waals surface area contributed by atoms with Crippen molar-refractivity contribution in [2.45, 2.75) is 6.92 Å². The van der Waals surface area contributed by atoms with Gasteiger partial charge >= 0.3 is 0 Å². The molecule has 0 atom stereocenters. The summed E-state index contributed by atoms with van der Waals surface area (Å²) in [5.41, 5.74) is 7.41. The number of nitrogen functional groups attached to an aromatic ring is 1. The van der Waals surface area contributed by atoms with Gasteiger partial charge in [-0.3, -0.25) is 0 Å². The Hall–Kier alpha value is -1.49.